The van der Waals surface area contributed by atoms with E-state index in [1.54, 1.807) is 6.07 Å². The van der Waals surface area contributed by atoms with Gasteiger partial charge in [0.1, 0.15) is 5.75 Å². The lowest BCUT2D eigenvalue weighted by molar-refractivity contribution is 0.111. The predicted molar refractivity (Wildman–Crippen MR) is 50.2 cm³/mol. The molecule has 13 heavy (non-hydrogen) atoms. The Kier molecular flexibility index (Phi) is 2.05. The zero-order valence-corrected chi connectivity index (χ0v) is 7.62. The van der Waals surface area contributed by atoms with Crippen molar-refractivity contribution in [3.05, 3.63) is 29.3 Å². The van der Waals surface area contributed by atoms with Gasteiger partial charge in [-0.3, -0.25) is 4.79 Å². The lowest BCUT2D eigenvalue weighted by atomic mass is 10.1. The lowest BCUT2D eigenvalue weighted by Gasteiger charge is -2.07. The van der Waals surface area contributed by atoms with Gasteiger partial charge in [0.25, 0.3) is 0 Å². The van der Waals surface area contributed by atoms with Crippen LogP contribution in [0.2, 0.25) is 0 Å². The van der Waals surface area contributed by atoms with Gasteiger partial charge in [-0.25, -0.2) is 0 Å². The molecule has 0 amide bonds. The van der Waals surface area contributed by atoms with E-state index in [4.69, 9.17) is 4.74 Å². The molecule has 1 saturated carbocycles. The van der Waals surface area contributed by atoms with Crippen LogP contribution in [0.3, 0.4) is 0 Å². The molecule has 0 radical (unpaired) electrons. The number of aldehydes is 1. The highest BCUT2D eigenvalue weighted by atomic mass is 16.5. The van der Waals surface area contributed by atoms with E-state index in [1.165, 1.54) is 0 Å². The van der Waals surface area contributed by atoms with Crippen LogP contribution in [-0.4, -0.2) is 12.4 Å². The molecule has 0 aliphatic heterocycles. The van der Waals surface area contributed by atoms with Crippen molar-refractivity contribution in [2.24, 2.45) is 0 Å². The zero-order valence-electron chi connectivity index (χ0n) is 7.62. The summed E-state index contributed by atoms with van der Waals surface area (Å²) < 4.78 is 5.60. The van der Waals surface area contributed by atoms with Crippen LogP contribution >= 0.6 is 0 Å². The van der Waals surface area contributed by atoms with Crippen molar-refractivity contribution in [3.63, 3.8) is 0 Å². The molecule has 0 spiro atoms. The molecule has 2 nitrogen and oxygen atoms in total. The number of hydrogen-bond acceptors (Lipinski definition) is 2. The van der Waals surface area contributed by atoms with E-state index >= 15 is 0 Å². The maximum atomic E-state index is 10.7. The molecule has 0 saturated heterocycles. The molecular formula is C11H12O2. The van der Waals surface area contributed by atoms with Gasteiger partial charge >= 0.3 is 0 Å². The molecule has 68 valence electrons. The first-order chi connectivity index (χ1) is 6.29. The quantitative estimate of drug-likeness (QED) is 0.661. The van der Waals surface area contributed by atoms with Crippen LogP contribution in [0.15, 0.2) is 18.2 Å². The largest absolute Gasteiger partial charge is 0.490 e. The van der Waals surface area contributed by atoms with Gasteiger partial charge in [0.15, 0.2) is 6.29 Å². The first-order valence-corrected chi connectivity index (χ1v) is 4.52. The first-order valence-electron chi connectivity index (χ1n) is 4.52. The van der Waals surface area contributed by atoms with E-state index in [0.717, 1.165) is 30.4 Å². The van der Waals surface area contributed by atoms with Gasteiger partial charge < -0.3 is 4.74 Å². The van der Waals surface area contributed by atoms with Crippen LogP contribution in [0.5, 0.6) is 5.75 Å². The van der Waals surface area contributed by atoms with Gasteiger partial charge in [-0.15, -0.1) is 0 Å². The second-order valence-corrected chi connectivity index (χ2v) is 3.48. The maximum absolute atomic E-state index is 10.7. The minimum atomic E-state index is 0.348. The molecule has 1 fully saturated rings. The summed E-state index contributed by atoms with van der Waals surface area (Å²) in [7, 11) is 0. The number of benzene rings is 1. The molecule has 0 atom stereocenters. The van der Waals surface area contributed by atoms with E-state index in [-0.39, 0.29) is 0 Å². The molecule has 0 aromatic heterocycles. The third-order valence-corrected chi connectivity index (χ3v) is 2.11. The highest BCUT2D eigenvalue weighted by Gasteiger charge is 2.24. The molecule has 0 heterocycles. The van der Waals surface area contributed by atoms with Crippen LogP contribution < -0.4 is 4.74 Å². The van der Waals surface area contributed by atoms with Crippen molar-refractivity contribution < 1.29 is 9.53 Å². The van der Waals surface area contributed by atoms with Crippen LogP contribution in [0.25, 0.3) is 0 Å². The Labute approximate surface area is 77.5 Å². The van der Waals surface area contributed by atoms with Gasteiger partial charge in [-0.1, -0.05) is 6.07 Å². The lowest BCUT2D eigenvalue weighted by Crippen LogP contribution is -1.99. The molecule has 0 bridgehead atoms. The fourth-order valence-corrected chi connectivity index (χ4v) is 1.21. The van der Waals surface area contributed by atoms with Crippen molar-refractivity contribution in [2.75, 3.05) is 0 Å². The highest BCUT2D eigenvalue weighted by Crippen LogP contribution is 2.29. The first kappa shape index (κ1) is 8.30. The summed E-state index contributed by atoms with van der Waals surface area (Å²) in [5.74, 6) is 0.734. The van der Waals surface area contributed by atoms with E-state index in [1.807, 2.05) is 19.1 Å². The average Bonchev–Trinajstić information content (AvgIpc) is 2.89. The SMILES string of the molecule is Cc1ccc(C=O)c(OC2CC2)c1. The Morgan fingerprint density at radius 3 is 2.85 bits per heavy atom. The number of rotatable bonds is 3. The number of aryl methyl sites for hydroxylation is 1. The number of carbonyl (C=O) groups excluding carboxylic acids is 1. The molecule has 2 rings (SSSR count). The predicted octanol–water partition coefficient (Wildman–Crippen LogP) is 2.35. The van der Waals surface area contributed by atoms with Crippen LogP contribution in [0.1, 0.15) is 28.8 Å². The van der Waals surface area contributed by atoms with E-state index in [2.05, 4.69) is 0 Å². The summed E-state index contributed by atoms with van der Waals surface area (Å²) in [4.78, 5) is 10.7. The summed E-state index contributed by atoms with van der Waals surface area (Å²) in [6.07, 6.45) is 3.43. The molecule has 1 aliphatic carbocycles. The molecular weight excluding hydrogens is 164 g/mol. The van der Waals surface area contributed by atoms with Crippen molar-refractivity contribution in [1.29, 1.82) is 0 Å². The van der Waals surface area contributed by atoms with Crippen LogP contribution in [0.4, 0.5) is 0 Å². The molecule has 1 aliphatic rings. The van der Waals surface area contributed by atoms with Crippen LogP contribution in [-0.2, 0) is 0 Å². The van der Waals surface area contributed by atoms with E-state index < -0.39 is 0 Å². The van der Waals surface area contributed by atoms with E-state index in [9.17, 15) is 4.79 Å². The Hall–Kier alpha value is -1.31. The molecule has 0 N–H and O–H groups in total. The second kappa shape index (κ2) is 3.21. The summed E-state index contributed by atoms with van der Waals surface area (Å²) in [6, 6.07) is 5.64. The van der Waals surface area contributed by atoms with E-state index in [0.29, 0.717) is 11.7 Å². The van der Waals surface area contributed by atoms with Gasteiger partial charge in [0, 0.05) is 0 Å². The fourth-order valence-electron chi connectivity index (χ4n) is 1.21. The standard InChI is InChI=1S/C11H12O2/c1-8-2-3-9(7-12)11(6-8)13-10-4-5-10/h2-3,6-7,10H,4-5H2,1H3. The second-order valence-electron chi connectivity index (χ2n) is 3.48. The summed E-state index contributed by atoms with van der Waals surface area (Å²) in [5, 5.41) is 0. The molecule has 2 heteroatoms. The average molecular weight is 176 g/mol. The summed E-state index contributed by atoms with van der Waals surface area (Å²) in [5.41, 5.74) is 1.78. The number of carbonyl (C=O) groups is 1. The minimum absolute atomic E-state index is 0.348. The number of hydrogen-bond donors (Lipinski definition) is 0. The van der Waals surface area contributed by atoms with Gasteiger partial charge in [0.05, 0.1) is 11.7 Å². The van der Waals surface area contributed by atoms with Gasteiger partial charge in [-0.2, -0.15) is 0 Å². The van der Waals surface area contributed by atoms with Gasteiger partial charge in [-0.05, 0) is 37.5 Å². The fraction of sp³-hybridized carbons (Fsp3) is 0.364. The zero-order chi connectivity index (χ0) is 9.26. The normalized spacial score (nSPS) is 15.5. The van der Waals surface area contributed by atoms with Crippen molar-refractivity contribution in [3.8, 4) is 5.75 Å². The maximum Gasteiger partial charge on any atom is 0.153 e. The third kappa shape index (κ3) is 1.89. The smallest absolute Gasteiger partial charge is 0.153 e. The number of ether oxygens (including phenoxy) is 1. The van der Waals surface area contributed by atoms with Crippen molar-refractivity contribution in [2.45, 2.75) is 25.9 Å². The Morgan fingerprint density at radius 2 is 2.23 bits per heavy atom. The third-order valence-electron chi connectivity index (χ3n) is 2.11. The van der Waals surface area contributed by atoms with Crippen LogP contribution in [0, 0.1) is 6.92 Å². The molecule has 1 aromatic carbocycles. The Balaban J connectivity index is 2.27. The minimum Gasteiger partial charge on any atom is -0.490 e. The summed E-state index contributed by atoms with van der Waals surface area (Å²) in [6.45, 7) is 1.99. The Bertz CT molecular complexity index is 327. The molecule has 0 unspecified atom stereocenters. The van der Waals surface area contributed by atoms with Gasteiger partial charge in [0.2, 0.25) is 0 Å². The Morgan fingerprint density at radius 1 is 1.46 bits per heavy atom. The monoisotopic (exact) mass is 176 g/mol. The summed E-state index contributed by atoms with van der Waals surface area (Å²) >= 11 is 0. The highest BCUT2D eigenvalue weighted by molar-refractivity contribution is 5.79. The molecule has 1 aromatic rings. The van der Waals surface area contributed by atoms with Crippen molar-refractivity contribution in [1.82, 2.24) is 0 Å². The topological polar surface area (TPSA) is 26.3 Å². The van der Waals surface area contributed by atoms with Crippen molar-refractivity contribution >= 4 is 6.29 Å².